The van der Waals surface area contributed by atoms with Crippen molar-refractivity contribution in [3.63, 3.8) is 0 Å². The quantitative estimate of drug-likeness (QED) is 0.307. The number of ether oxygens (including phenoxy) is 1. The van der Waals surface area contributed by atoms with E-state index in [-0.39, 0.29) is 0 Å². The maximum Gasteiger partial charge on any atom is 0.137 e. The standard InChI is InChI=1S/C28H39ClO/c1-2-3-4-5-6-10-21-30-28-20-19-26(22-27(28)29)25-17-15-24(16-18-25)14-13-23-11-8-7-9-12-23/h15-20,22-23H,2-14,21H2,1H3. The highest BCUT2D eigenvalue weighted by molar-refractivity contribution is 6.32. The molecule has 30 heavy (non-hydrogen) atoms. The lowest BCUT2D eigenvalue weighted by Crippen LogP contribution is -2.07. The van der Waals surface area contributed by atoms with Crippen LogP contribution in [-0.4, -0.2) is 6.61 Å². The Morgan fingerprint density at radius 2 is 1.53 bits per heavy atom. The van der Waals surface area contributed by atoms with Gasteiger partial charge in [0.1, 0.15) is 5.75 Å². The lowest BCUT2D eigenvalue weighted by molar-refractivity contribution is 0.304. The molecule has 1 nitrogen and oxygen atoms in total. The largest absolute Gasteiger partial charge is 0.492 e. The zero-order valence-electron chi connectivity index (χ0n) is 18.8. The lowest BCUT2D eigenvalue weighted by atomic mass is 9.85. The third-order valence-corrected chi connectivity index (χ3v) is 6.84. The van der Waals surface area contributed by atoms with Crippen LogP contribution in [0.1, 0.15) is 89.5 Å². The van der Waals surface area contributed by atoms with Crippen LogP contribution in [0.25, 0.3) is 11.1 Å². The van der Waals surface area contributed by atoms with Crippen LogP contribution < -0.4 is 4.74 Å². The Kier molecular flexibility index (Phi) is 10.1. The van der Waals surface area contributed by atoms with Gasteiger partial charge in [0.15, 0.2) is 0 Å². The van der Waals surface area contributed by atoms with E-state index in [1.165, 1.54) is 88.2 Å². The van der Waals surface area contributed by atoms with Crippen LogP contribution in [0, 0.1) is 5.92 Å². The smallest absolute Gasteiger partial charge is 0.137 e. The predicted molar refractivity (Wildman–Crippen MR) is 131 cm³/mol. The molecule has 2 aromatic carbocycles. The van der Waals surface area contributed by atoms with Crippen molar-refractivity contribution in [2.75, 3.05) is 6.61 Å². The predicted octanol–water partition coefficient (Wildman–Crippen LogP) is 9.26. The fourth-order valence-electron chi connectivity index (χ4n) is 4.57. The molecule has 0 saturated heterocycles. The zero-order chi connectivity index (χ0) is 21.0. The fraction of sp³-hybridized carbons (Fsp3) is 0.571. The summed E-state index contributed by atoms with van der Waals surface area (Å²) in [5.41, 5.74) is 3.83. The Bertz CT molecular complexity index is 731. The first-order chi connectivity index (χ1) is 14.8. The maximum absolute atomic E-state index is 6.50. The van der Waals surface area contributed by atoms with Gasteiger partial charge >= 0.3 is 0 Å². The molecule has 1 aliphatic rings. The van der Waals surface area contributed by atoms with Gasteiger partial charge in [0, 0.05) is 0 Å². The van der Waals surface area contributed by atoms with E-state index in [0.29, 0.717) is 5.02 Å². The second-order valence-electron chi connectivity index (χ2n) is 9.00. The topological polar surface area (TPSA) is 9.23 Å². The monoisotopic (exact) mass is 426 g/mol. The molecule has 164 valence electrons. The van der Waals surface area contributed by atoms with E-state index >= 15 is 0 Å². The molecule has 0 aliphatic heterocycles. The van der Waals surface area contributed by atoms with Gasteiger partial charge in [-0.05, 0) is 54.0 Å². The first kappa shape index (κ1) is 23.2. The Hall–Kier alpha value is -1.47. The molecule has 0 heterocycles. The van der Waals surface area contributed by atoms with Crippen molar-refractivity contribution in [3.05, 3.63) is 53.1 Å². The Morgan fingerprint density at radius 1 is 0.833 bits per heavy atom. The molecule has 0 unspecified atom stereocenters. The van der Waals surface area contributed by atoms with Crippen LogP contribution in [0.15, 0.2) is 42.5 Å². The Labute approximate surface area is 189 Å². The molecule has 0 spiro atoms. The van der Waals surface area contributed by atoms with Gasteiger partial charge in [-0.25, -0.2) is 0 Å². The average Bonchev–Trinajstić information content (AvgIpc) is 2.79. The number of hydrogen-bond acceptors (Lipinski definition) is 1. The van der Waals surface area contributed by atoms with Gasteiger partial charge in [-0.1, -0.05) is 113 Å². The Morgan fingerprint density at radius 3 is 2.27 bits per heavy atom. The number of rotatable bonds is 12. The van der Waals surface area contributed by atoms with Gasteiger partial charge in [0.05, 0.1) is 11.6 Å². The molecule has 0 N–H and O–H groups in total. The minimum Gasteiger partial charge on any atom is -0.492 e. The number of aryl methyl sites for hydroxylation is 1. The molecule has 1 saturated carbocycles. The Balaban J connectivity index is 1.45. The normalized spacial score (nSPS) is 14.7. The number of halogens is 1. The maximum atomic E-state index is 6.50. The van der Waals surface area contributed by atoms with E-state index in [1.807, 2.05) is 12.1 Å². The molecule has 0 bridgehead atoms. The third-order valence-electron chi connectivity index (χ3n) is 6.54. The summed E-state index contributed by atoms with van der Waals surface area (Å²) < 4.78 is 5.91. The summed E-state index contributed by atoms with van der Waals surface area (Å²) >= 11 is 6.50. The van der Waals surface area contributed by atoms with Crippen molar-refractivity contribution in [3.8, 4) is 16.9 Å². The van der Waals surface area contributed by atoms with Gasteiger partial charge in [-0.2, -0.15) is 0 Å². The molecular weight excluding hydrogens is 388 g/mol. The van der Waals surface area contributed by atoms with E-state index in [4.69, 9.17) is 16.3 Å². The summed E-state index contributed by atoms with van der Waals surface area (Å²) in [6.45, 7) is 3.00. The summed E-state index contributed by atoms with van der Waals surface area (Å²) in [5, 5.41) is 0.708. The van der Waals surface area contributed by atoms with Gasteiger partial charge in [-0.15, -0.1) is 0 Å². The molecule has 2 aromatic rings. The molecule has 1 fully saturated rings. The van der Waals surface area contributed by atoms with Crippen LogP contribution >= 0.6 is 11.6 Å². The molecule has 0 atom stereocenters. The lowest BCUT2D eigenvalue weighted by Gasteiger charge is -2.21. The SMILES string of the molecule is CCCCCCCCOc1ccc(-c2ccc(CCC3CCCCC3)cc2)cc1Cl. The summed E-state index contributed by atoms with van der Waals surface area (Å²) in [6.07, 6.45) is 17.3. The highest BCUT2D eigenvalue weighted by Gasteiger charge is 2.13. The second kappa shape index (κ2) is 13.1. The van der Waals surface area contributed by atoms with E-state index in [1.54, 1.807) is 0 Å². The zero-order valence-corrected chi connectivity index (χ0v) is 19.6. The van der Waals surface area contributed by atoms with Crippen molar-refractivity contribution in [1.82, 2.24) is 0 Å². The van der Waals surface area contributed by atoms with Crippen molar-refractivity contribution >= 4 is 11.6 Å². The van der Waals surface area contributed by atoms with Crippen molar-refractivity contribution < 1.29 is 4.74 Å². The van der Waals surface area contributed by atoms with E-state index in [2.05, 4.69) is 37.3 Å². The minimum atomic E-state index is 0.708. The first-order valence-electron chi connectivity index (χ1n) is 12.3. The number of unbranched alkanes of at least 4 members (excludes halogenated alkanes) is 5. The number of benzene rings is 2. The van der Waals surface area contributed by atoms with Crippen LogP contribution in [0.4, 0.5) is 0 Å². The van der Waals surface area contributed by atoms with Crippen LogP contribution in [0.3, 0.4) is 0 Å². The molecule has 3 rings (SSSR count). The van der Waals surface area contributed by atoms with Crippen molar-refractivity contribution in [2.24, 2.45) is 5.92 Å². The van der Waals surface area contributed by atoms with E-state index < -0.39 is 0 Å². The van der Waals surface area contributed by atoms with Crippen LogP contribution in [0.5, 0.6) is 5.75 Å². The second-order valence-corrected chi connectivity index (χ2v) is 9.41. The van der Waals surface area contributed by atoms with Crippen molar-refractivity contribution in [2.45, 2.75) is 90.4 Å². The van der Waals surface area contributed by atoms with Crippen LogP contribution in [0.2, 0.25) is 5.02 Å². The number of hydrogen-bond donors (Lipinski definition) is 0. The molecule has 0 aromatic heterocycles. The summed E-state index contributed by atoms with van der Waals surface area (Å²) in [4.78, 5) is 0. The summed E-state index contributed by atoms with van der Waals surface area (Å²) in [6, 6.07) is 15.2. The molecule has 1 aliphatic carbocycles. The van der Waals surface area contributed by atoms with Gasteiger partial charge < -0.3 is 4.74 Å². The summed E-state index contributed by atoms with van der Waals surface area (Å²) in [7, 11) is 0. The van der Waals surface area contributed by atoms with Crippen LogP contribution in [-0.2, 0) is 6.42 Å². The molecule has 2 heteroatoms. The third kappa shape index (κ3) is 7.65. The van der Waals surface area contributed by atoms with Gasteiger partial charge in [-0.3, -0.25) is 0 Å². The summed E-state index contributed by atoms with van der Waals surface area (Å²) in [5.74, 6) is 1.75. The van der Waals surface area contributed by atoms with Gasteiger partial charge in [0.25, 0.3) is 0 Å². The first-order valence-corrected chi connectivity index (χ1v) is 12.7. The molecule has 0 amide bonds. The fourth-order valence-corrected chi connectivity index (χ4v) is 4.81. The highest BCUT2D eigenvalue weighted by Crippen LogP contribution is 2.31. The molecule has 0 radical (unpaired) electrons. The average molecular weight is 427 g/mol. The van der Waals surface area contributed by atoms with Crippen molar-refractivity contribution in [1.29, 1.82) is 0 Å². The minimum absolute atomic E-state index is 0.708. The van der Waals surface area contributed by atoms with Gasteiger partial charge in [0.2, 0.25) is 0 Å². The van der Waals surface area contributed by atoms with E-state index in [9.17, 15) is 0 Å². The van der Waals surface area contributed by atoms with E-state index in [0.717, 1.165) is 30.3 Å². The molecular formula is C28H39ClO. The highest BCUT2D eigenvalue weighted by atomic mass is 35.5.